The Morgan fingerprint density at radius 2 is 2.12 bits per heavy atom. The van der Waals surface area contributed by atoms with Crippen LogP contribution in [0.1, 0.15) is 4.88 Å². The number of carbonyl (C=O) groups excluding carboxylic acids is 1. The van der Waals surface area contributed by atoms with Crippen LogP contribution in [0.25, 0.3) is 28.1 Å². The van der Waals surface area contributed by atoms with Crippen LogP contribution in [-0.4, -0.2) is 22.3 Å². The first-order valence-electron chi connectivity index (χ1n) is 7.40. The van der Waals surface area contributed by atoms with Crippen LogP contribution in [0.15, 0.2) is 46.8 Å². The van der Waals surface area contributed by atoms with E-state index >= 15 is 0 Å². The van der Waals surface area contributed by atoms with Gasteiger partial charge in [-0.05, 0) is 46.8 Å². The van der Waals surface area contributed by atoms with Gasteiger partial charge in [0.25, 0.3) is 5.91 Å². The normalized spacial score (nSPS) is 15.8. The number of aromatic nitrogens is 1. The minimum atomic E-state index is -0.133. The van der Waals surface area contributed by atoms with E-state index in [0.717, 1.165) is 32.7 Å². The zero-order chi connectivity index (χ0) is 17.4. The number of thioether (sulfide) groups is 1. The fraction of sp³-hybridized carbons (Fsp3) is 0.0556. The molecule has 0 spiro atoms. The number of rotatable bonds is 3. The van der Waals surface area contributed by atoms with Crippen molar-refractivity contribution in [3.63, 3.8) is 0 Å². The van der Waals surface area contributed by atoms with Gasteiger partial charge < -0.3 is 10.1 Å². The van der Waals surface area contributed by atoms with Gasteiger partial charge in [0.1, 0.15) is 10.1 Å². The van der Waals surface area contributed by atoms with Crippen molar-refractivity contribution >= 4 is 62.5 Å². The molecule has 1 amide bonds. The fourth-order valence-electron chi connectivity index (χ4n) is 2.61. The molecule has 0 aliphatic carbocycles. The number of hydrogen-bond donors (Lipinski definition) is 1. The molecule has 3 aromatic rings. The van der Waals surface area contributed by atoms with Crippen molar-refractivity contribution < 1.29 is 9.53 Å². The second kappa shape index (κ2) is 6.59. The van der Waals surface area contributed by atoms with Crippen molar-refractivity contribution in [2.45, 2.75) is 0 Å². The SMILES string of the molecule is COc1ccnc2ccc(-c3csc(/C=C4\SC(=S)NC4=O)c3)cc12. The topological polar surface area (TPSA) is 51.2 Å². The van der Waals surface area contributed by atoms with Crippen LogP contribution >= 0.6 is 35.3 Å². The molecule has 1 saturated heterocycles. The van der Waals surface area contributed by atoms with Crippen LogP contribution in [-0.2, 0) is 4.79 Å². The maximum Gasteiger partial charge on any atom is 0.263 e. The number of pyridine rings is 1. The molecule has 25 heavy (non-hydrogen) atoms. The highest BCUT2D eigenvalue weighted by Gasteiger charge is 2.22. The minimum Gasteiger partial charge on any atom is -0.496 e. The number of fused-ring (bicyclic) bond motifs is 1. The third-order valence-corrected chi connectivity index (χ3v) is 5.83. The fourth-order valence-corrected chi connectivity index (χ4v) is 4.57. The van der Waals surface area contributed by atoms with Crippen LogP contribution < -0.4 is 10.1 Å². The van der Waals surface area contributed by atoms with Gasteiger partial charge in [0.15, 0.2) is 0 Å². The van der Waals surface area contributed by atoms with Crippen molar-refractivity contribution in [2.75, 3.05) is 7.11 Å². The van der Waals surface area contributed by atoms with Gasteiger partial charge in [0.05, 0.1) is 17.5 Å². The van der Waals surface area contributed by atoms with E-state index < -0.39 is 0 Å². The van der Waals surface area contributed by atoms with E-state index in [-0.39, 0.29) is 5.91 Å². The number of carbonyl (C=O) groups is 1. The summed E-state index contributed by atoms with van der Waals surface area (Å²) in [7, 11) is 1.66. The van der Waals surface area contributed by atoms with Crippen molar-refractivity contribution in [2.24, 2.45) is 0 Å². The lowest BCUT2D eigenvalue weighted by Gasteiger charge is -2.06. The van der Waals surface area contributed by atoms with Crippen LogP contribution in [0.4, 0.5) is 0 Å². The summed E-state index contributed by atoms with van der Waals surface area (Å²) in [6.07, 6.45) is 3.61. The molecule has 2 aromatic heterocycles. The van der Waals surface area contributed by atoms with E-state index in [1.807, 2.05) is 24.3 Å². The third kappa shape index (κ3) is 3.18. The Kier molecular flexibility index (Phi) is 4.29. The Bertz CT molecular complexity index is 1040. The lowest BCUT2D eigenvalue weighted by atomic mass is 10.1. The zero-order valence-electron chi connectivity index (χ0n) is 13.1. The summed E-state index contributed by atoms with van der Waals surface area (Å²) < 4.78 is 5.93. The molecule has 7 heteroatoms. The molecule has 0 radical (unpaired) electrons. The average molecular weight is 385 g/mol. The van der Waals surface area contributed by atoms with Gasteiger partial charge in [0, 0.05) is 16.5 Å². The van der Waals surface area contributed by atoms with Gasteiger partial charge in [-0.3, -0.25) is 9.78 Å². The van der Waals surface area contributed by atoms with Crippen molar-refractivity contribution in [3.8, 4) is 16.9 Å². The predicted molar refractivity (Wildman–Crippen MR) is 108 cm³/mol. The van der Waals surface area contributed by atoms with E-state index in [9.17, 15) is 4.79 Å². The smallest absolute Gasteiger partial charge is 0.263 e. The molecule has 1 aromatic carbocycles. The first-order valence-corrected chi connectivity index (χ1v) is 9.51. The van der Waals surface area contributed by atoms with E-state index in [2.05, 4.69) is 27.8 Å². The molecule has 1 aliphatic rings. The number of benzene rings is 1. The summed E-state index contributed by atoms with van der Waals surface area (Å²) in [5.41, 5.74) is 3.07. The van der Waals surface area contributed by atoms with E-state index in [1.165, 1.54) is 11.8 Å². The molecule has 4 nitrogen and oxygen atoms in total. The van der Waals surface area contributed by atoms with Gasteiger partial charge in [-0.15, -0.1) is 11.3 Å². The molecule has 1 N–H and O–H groups in total. The monoisotopic (exact) mass is 384 g/mol. The average Bonchev–Trinajstić information content (AvgIpc) is 3.20. The van der Waals surface area contributed by atoms with Crippen LogP contribution in [0.2, 0.25) is 0 Å². The number of nitrogens with one attached hydrogen (secondary N) is 1. The summed E-state index contributed by atoms with van der Waals surface area (Å²) >= 11 is 7.90. The van der Waals surface area contributed by atoms with Crippen LogP contribution in [0, 0.1) is 0 Å². The summed E-state index contributed by atoms with van der Waals surface area (Å²) in [6.45, 7) is 0. The molecule has 0 unspecified atom stereocenters. The maximum atomic E-state index is 11.8. The summed E-state index contributed by atoms with van der Waals surface area (Å²) in [6, 6.07) is 10.0. The first kappa shape index (κ1) is 16.3. The maximum absolute atomic E-state index is 11.8. The quantitative estimate of drug-likeness (QED) is 0.534. The first-order chi connectivity index (χ1) is 12.1. The van der Waals surface area contributed by atoms with E-state index in [4.69, 9.17) is 17.0 Å². The second-order valence-electron chi connectivity index (χ2n) is 5.34. The Hall–Kier alpha value is -2.22. The van der Waals surface area contributed by atoms with Gasteiger partial charge in [-0.25, -0.2) is 0 Å². The Morgan fingerprint density at radius 1 is 1.24 bits per heavy atom. The number of hydrogen-bond acceptors (Lipinski definition) is 6. The number of ether oxygens (including phenoxy) is 1. The summed E-state index contributed by atoms with van der Waals surface area (Å²) in [5, 5.41) is 5.68. The number of amides is 1. The Labute approximate surface area is 157 Å². The molecule has 124 valence electrons. The number of thiocarbonyl (C=S) groups is 1. The van der Waals surface area contributed by atoms with E-state index in [0.29, 0.717) is 9.23 Å². The lowest BCUT2D eigenvalue weighted by molar-refractivity contribution is -0.115. The minimum absolute atomic E-state index is 0.133. The highest BCUT2D eigenvalue weighted by atomic mass is 32.2. The molecule has 0 bridgehead atoms. The predicted octanol–water partition coefficient (Wildman–Crippen LogP) is 4.46. The molecular formula is C18H12N2O2S3. The molecule has 0 saturated carbocycles. The standard InChI is InChI=1S/C18H12N2O2S3/c1-22-15-4-5-19-14-3-2-10(7-13(14)15)11-6-12(24-9-11)8-16-17(21)20-18(23)25-16/h2-9H,1H3,(H,20,21,23)/b16-8-. The second-order valence-corrected chi connectivity index (χ2v) is 8.00. The van der Waals surface area contributed by atoms with Gasteiger partial charge in [-0.1, -0.05) is 30.0 Å². The summed E-state index contributed by atoms with van der Waals surface area (Å²) in [5.74, 6) is 0.670. The van der Waals surface area contributed by atoms with Crippen molar-refractivity contribution in [1.82, 2.24) is 10.3 Å². The molecule has 1 fully saturated rings. The number of thiophene rings is 1. The van der Waals surface area contributed by atoms with Crippen LogP contribution in [0.3, 0.4) is 0 Å². The van der Waals surface area contributed by atoms with E-state index in [1.54, 1.807) is 24.6 Å². The van der Waals surface area contributed by atoms with Gasteiger partial charge in [-0.2, -0.15) is 0 Å². The Morgan fingerprint density at radius 3 is 2.88 bits per heavy atom. The Balaban J connectivity index is 1.71. The van der Waals surface area contributed by atoms with Gasteiger partial charge >= 0.3 is 0 Å². The van der Waals surface area contributed by atoms with Crippen molar-refractivity contribution in [1.29, 1.82) is 0 Å². The molecule has 4 rings (SSSR count). The molecule has 1 aliphatic heterocycles. The van der Waals surface area contributed by atoms with Crippen molar-refractivity contribution in [3.05, 3.63) is 51.7 Å². The van der Waals surface area contributed by atoms with Crippen LogP contribution in [0.5, 0.6) is 5.75 Å². The number of methoxy groups -OCH3 is 1. The van der Waals surface area contributed by atoms with Gasteiger partial charge in [0.2, 0.25) is 0 Å². The molecule has 3 heterocycles. The zero-order valence-corrected chi connectivity index (χ0v) is 15.6. The largest absolute Gasteiger partial charge is 0.496 e. The highest BCUT2D eigenvalue weighted by molar-refractivity contribution is 8.26. The number of nitrogens with zero attached hydrogens (tertiary/aromatic N) is 1. The molecule has 0 atom stereocenters. The summed E-state index contributed by atoms with van der Waals surface area (Å²) in [4.78, 5) is 17.8. The third-order valence-electron chi connectivity index (χ3n) is 3.79. The lowest BCUT2D eigenvalue weighted by Crippen LogP contribution is -2.17. The highest BCUT2D eigenvalue weighted by Crippen LogP contribution is 2.33. The molecular weight excluding hydrogens is 372 g/mol.